The van der Waals surface area contributed by atoms with Crippen LogP contribution in [0.4, 0.5) is 0 Å². The molecule has 0 bridgehead atoms. The number of epoxide rings is 1. The van der Waals surface area contributed by atoms with Crippen molar-refractivity contribution in [1.29, 1.82) is 0 Å². The van der Waals surface area contributed by atoms with Crippen molar-refractivity contribution in [3.05, 3.63) is 35.4 Å². The Balaban J connectivity index is 1.91. The van der Waals surface area contributed by atoms with Crippen molar-refractivity contribution in [3.63, 3.8) is 0 Å². The fourth-order valence-electron chi connectivity index (χ4n) is 3.50. The van der Waals surface area contributed by atoms with Crippen LogP contribution in [0.5, 0.6) is 11.5 Å². The molecule has 2 rings (SSSR count). The summed E-state index contributed by atoms with van der Waals surface area (Å²) in [6.07, 6.45) is 5.64. The number of hydrogen-bond acceptors (Lipinski definition) is 5. The Hall–Kier alpha value is -1.13. The standard InChI is InChI=1S/C28H50O5Si2/c1-23(11-15-27-28(2,3)33-27)10-12-24-13-14-25(31-21-29-16-18-34(4,5)6)20-26(24)32-22-30-17-19-35(7,8)9/h10,13-14,20,27H,11-12,15-19,21-22H2,1-9H3/b23-10+. The van der Waals surface area contributed by atoms with E-state index in [1.807, 2.05) is 12.1 Å². The van der Waals surface area contributed by atoms with Crippen LogP contribution in [0.25, 0.3) is 0 Å². The number of allylic oxidation sites excluding steroid dienone is 2. The van der Waals surface area contributed by atoms with Crippen molar-refractivity contribution in [2.24, 2.45) is 0 Å². The van der Waals surface area contributed by atoms with Gasteiger partial charge in [0.2, 0.25) is 0 Å². The van der Waals surface area contributed by atoms with Gasteiger partial charge in [-0.3, -0.25) is 0 Å². The van der Waals surface area contributed by atoms with E-state index in [0.29, 0.717) is 6.10 Å². The van der Waals surface area contributed by atoms with Crippen LogP contribution in [-0.4, -0.2) is 54.7 Å². The molecule has 0 spiro atoms. The maximum Gasteiger partial charge on any atom is 0.189 e. The first-order valence-corrected chi connectivity index (χ1v) is 20.5. The zero-order valence-electron chi connectivity index (χ0n) is 23.8. The summed E-state index contributed by atoms with van der Waals surface area (Å²) < 4.78 is 29.1. The highest BCUT2D eigenvalue weighted by atomic mass is 28.3. The monoisotopic (exact) mass is 522 g/mol. The van der Waals surface area contributed by atoms with Gasteiger partial charge in [-0.1, -0.05) is 57.0 Å². The van der Waals surface area contributed by atoms with Crippen LogP contribution in [0.3, 0.4) is 0 Å². The lowest BCUT2D eigenvalue weighted by molar-refractivity contribution is 0.0175. The van der Waals surface area contributed by atoms with E-state index in [-0.39, 0.29) is 19.2 Å². The lowest BCUT2D eigenvalue weighted by atomic mass is 10.0. The first kappa shape index (κ1) is 30.1. The fourth-order valence-corrected chi connectivity index (χ4v) is 5.01. The smallest absolute Gasteiger partial charge is 0.189 e. The third kappa shape index (κ3) is 13.1. The van der Waals surface area contributed by atoms with Crippen LogP contribution in [0.1, 0.15) is 39.2 Å². The van der Waals surface area contributed by atoms with Gasteiger partial charge in [-0.25, -0.2) is 0 Å². The Kier molecular flexibility index (Phi) is 11.5. The Morgan fingerprint density at radius 3 is 2.06 bits per heavy atom. The highest BCUT2D eigenvalue weighted by molar-refractivity contribution is 6.76. The maximum atomic E-state index is 6.06. The summed E-state index contributed by atoms with van der Waals surface area (Å²) in [5.41, 5.74) is 2.57. The lowest BCUT2D eigenvalue weighted by Crippen LogP contribution is -2.22. The molecule has 1 aliphatic rings. The zero-order valence-corrected chi connectivity index (χ0v) is 25.8. The molecule has 200 valence electrons. The normalized spacial score (nSPS) is 18.0. The summed E-state index contributed by atoms with van der Waals surface area (Å²) in [6, 6.07) is 8.31. The average molecular weight is 523 g/mol. The third-order valence-electron chi connectivity index (χ3n) is 6.27. The van der Waals surface area contributed by atoms with Gasteiger partial charge in [-0.15, -0.1) is 0 Å². The van der Waals surface area contributed by atoms with Gasteiger partial charge >= 0.3 is 0 Å². The van der Waals surface area contributed by atoms with E-state index in [0.717, 1.165) is 61.6 Å². The molecule has 0 radical (unpaired) electrons. The number of ether oxygens (including phenoxy) is 5. The van der Waals surface area contributed by atoms with E-state index < -0.39 is 16.1 Å². The fraction of sp³-hybridized carbons (Fsp3) is 0.714. The Morgan fingerprint density at radius 2 is 1.51 bits per heavy atom. The van der Waals surface area contributed by atoms with Gasteiger partial charge in [0.1, 0.15) is 11.5 Å². The van der Waals surface area contributed by atoms with E-state index in [1.54, 1.807) is 0 Å². The summed E-state index contributed by atoms with van der Waals surface area (Å²) in [6.45, 7) is 22.6. The van der Waals surface area contributed by atoms with Crippen molar-refractivity contribution < 1.29 is 23.7 Å². The Bertz CT molecular complexity index is 809. The van der Waals surface area contributed by atoms with Crippen LogP contribution >= 0.6 is 0 Å². The molecule has 0 saturated carbocycles. The van der Waals surface area contributed by atoms with Crippen molar-refractivity contribution in [1.82, 2.24) is 0 Å². The molecular weight excluding hydrogens is 472 g/mol. The summed E-state index contributed by atoms with van der Waals surface area (Å²) >= 11 is 0. The summed E-state index contributed by atoms with van der Waals surface area (Å²) in [5.74, 6) is 1.57. The first-order chi connectivity index (χ1) is 16.3. The van der Waals surface area contributed by atoms with E-state index >= 15 is 0 Å². The molecule has 1 atom stereocenters. The van der Waals surface area contributed by atoms with Crippen molar-refractivity contribution in [2.75, 3.05) is 26.8 Å². The van der Waals surface area contributed by atoms with Gasteiger partial charge in [0.25, 0.3) is 0 Å². The molecule has 0 amide bonds. The maximum absolute atomic E-state index is 6.06. The summed E-state index contributed by atoms with van der Waals surface area (Å²) in [7, 11) is -2.21. The van der Waals surface area contributed by atoms with Gasteiger partial charge in [0.05, 0.1) is 11.7 Å². The molecule has 0 N–H and O–H groups in total. The molecule has 5 nitrogen and oxygen atoms in total. The molecule has 1 saturated heterocycles. The van der Waals surface area contributed by atoms with Crippen LogP contribution < -0.4 is 9.47 Å². The van der Waals surface area contributed by atoms with Crippen LogP contribution in [0, 0.1) is 0 Å². The second-order valence-corrected chi connectivity index (χ2v) is 24.0. The first-order valence-electron chi connectivity index (χ1n) is 13.1. The summed E-state index contributed by atoms with van der Waals surface area (Å²) in [4.78, 5) is 0. The number of hydrogen-bond donors (Lipinski definition) is 0. The van der Waals surface area contributed by atoms with Crippen LogP contribution in [-0.2, 0) is 20.6 Å². The zero-order chi connectivity index (χ0) is 26.1. The van der Waals surface area contributed by atoms with E-state index in [9.17, 15) is 0 Å². The molecule has 0 aromatic heterocycles. The molecule has 1 heterocycles. The largest absolute Gasteiger partial charge is 0.467 e. The average Bonchev–Trinajstić information content (AvgIpc) is 3.35. The van der Waals surface area contributed by atoms with Crippen LogP contribution in [0.15, 0.2) is 29.8 Å². The van der Waals surface area contributed by atoms with Gasteiger partial charge < -0.3 is 23.7 Å². The minimum absolute atomic E-state index is 0.0605. The minimum Gasteiger partial charge on any atom is -0.467 e. The topological polar surface area (TPSA) is 49.5 Å². The van der Waals surface area contributed by atoms with E-state index in [4.69, 9.17) is 23.7 Å². The van der Waals surface area contributed by atoms with E-state index in [1.165, 1.54) is 5.57 Å². The number of rotatable bonds is 17. The van der Waals surface area contributed by atoms with Crippen molar-refractivity contribution >= 4 is 16.1 Å². The number of benzene rings is 1. The Labute approximate surface area is 216 Å². The van der Waals surface area contributed by atoms with Crippen LogP contribution in [0.2, 0.25) is 51.4 Å². The Morgan fingerprint density at radius 1 is 0.943 bits per heavy atom. The quantitative estimate of drug-likeness (QED) is 0.0696. The lowest BCUT2D eigenvalue weighted by Gasteiger charge is -2.17. The van der Waals surface area contributed by atoms with Gasteiger partial charge in [-0.05, 0) is 63.8 Å². The molecule has 7 heteroatoms. The van der Waals surface area contributed by atoms with Gasteiger partial charge in [0.15, 0.2) is 13.6 Å². The van der Waals surface area contributed by atoms with Gasteiger partial charge in [0, 0.05) is 35.4 Å². The minimum atomic E-state index is -1.11. The SMILES string of the molecule is C/C(=C\Cc1ccc(OCOCC[Si](C)(C)C)cc1OCOCC[Si](C)(C)C)CCC1OC1(C)C. The molecule has 1 aromatic carbocycles. The predicted octanol–water partition coefficient (Wildman–Crippen LogP) is 7.52. The van der Waals surface area contributed by atoms with Crippen molar-refractivity contribution in [3.8, 4) is 11.5 Å². The molecule has 1 unspecified atom stereocenters. The second-order valence-electron chi connectivity index (χ2n) is 12.7. The molecule has 35 heavy (non-hydrogen) atoms. The highest BCUT2D eigenvalue weighted by Crippen LogP contribution is 2.39. The molecule has 1 aliphatic heterocycles. The predicted molar refractivity (Wildman–Crippen MR) is 151 cm³/mol. The molecular formula is C28H50O5Si2. The molecule has 1 fully saturated rings. The van der Waals surface area contributed by atoms with Gasteiger partial charge in [-0.2, -0.15) is 0 Å². The molecule has 0 aliphatic carbocycles. The third-order valence-corrected chi connectivity index (χ3v) is 9.68. The van der Waals surface area contributed by atoms with E-state index in [2.05, 4.69) is 72.2 Å². The van der Waals surface area contributed by atoms with Crippen molar-refractivity contribution in [2.45, 2.75) is 103 Å². The second kappa shape index (κ2) is 13.4. The molecule has 1 aromatic rings. The highest BCUT2D eigenvalue weighted by Gasteiger charge is 2.46. The summed E-state index contributed by atoms with van der Waals surface area (Å²) in [5, 5.41) is 0.